The molecule has 0 saturated heterocycles. The molecule has 2 rings (SSSR count). The van der Waals surface area contributed by atoms with Gasteiger partial charge in [-0.3, -0.25) is 14.9 Å². The molecule has 116 valence electrons. The van der Waals surface area contributed by atoms with Crippen LogP contribution in [0.15, 0.2) is 70.4 Å². The summed E-state index contributed by atoms with van der Waals surface area (Å²) in [6.45, 7) is 0. The lowest BCUT2D eigenvalue weighted by Gasteiger charge is -1.98. The highest BCUT2D eigenvalue weighted by molar-refractivity contribution is 5.95. The minimum Gasteiger partial charge on any atom is -0.465 e. The fourth-order valence-electron chi connectivity index (χ4n) is 1.61. The second-order valence-corrected chi connectivity index (χ2v) is 4.29. The summed E-state index contributed by atoms with van der Waals surface area (Å²) in [5.74, 6) is 0.204. The molecule has 1 aromatic heterocycles. The summed E-state index contributed by atoms with van der Waals surface area (Å²) in [4.78, 5) is 21.8. The topological polar surface area (TPSA) is 97.7 Å². The molecule has 0 saturated carbocycles. The molecule has 0 fully saturated rings. The van der Waals surface area contributed by atoms with E-state index in [9.17, 15) is 14.9 Å². The first kappa shape index (κ1) is 15.9. The third-order valence-electron chi connectivity index (χ3n) is 2.67. The highest BCUT2D eigenvalue weighted by Crippen LogP contribution is 2.12. The van der Waals surface area contributed by atoms with Crippen LogP contribution in [-0.4, -0.2) is 17.0 Å². The highest BCUT2D eigenvalue weighted by Gasteiger charge is 2.10. The molecule has 2 aromatic rings. The minimum atomic E-state index is -0.561. The maximum atomic E-state index is 11.8. The van der Waals surface area contributed by atoms with Crippen molar-refractivity contribution in [1.29, 1.82) is 0 Å². The number of carbonyl (C=O) groups excluding carboxylic acids is 1. The molecule has 7 nitrogen and oxygen atoms in total. The SMILES string of the molecule is O=C(NN=CC=CC=Cc1ccco1)c1cccc([N+](=O)[O-])c1. The van der Waals surface area contributed by atoms with Crippen LogP contribution in [0, 0.1) is 10.1 Å². The second-order valence-electron chi connectivity index (χ2n) is 4.29. The number of nitrogens with one attached hydrogen (secondary N) is 1. The van der Waals surface area contributed by atoms with Gasteiger partial charge in [-0.2, -0.15) is 5.10 Å². The van der Waals surface area contributed by atoms with Crippen LogP contribution in [0.1, 0.15) is 16.1 Å². The molecule has 0 bridgehead atoms. The van der Waals surface area contributed by atoms with E-state index < -0.39 is 10.8 Å². The van der Waals surface area contributed by atoms with Crippen LogP contribution in [0.5, 0.6) is 0 Å². The Morgan fingerprint density at radius 3 is 2.83 bits per heavy atom. The van der Waals surface area contributed by atoms with Gasteiger partial charge in [-0.15, -0.1) is 0 Å². The van der Waals surface area contributed by atoms with Crippen LogP contribution in [0.4, 0.5) is 5.69 Å². The quantitative estimate of drug-likeness (QED) is 0.383. The zero-order chi connectivity index (χ0) is 16.5. The molecule has 7 heteroatoms. The third kappa shape index (κ3) is 5.09. The Bertz CT molecular complexity index is 761. The van der Waals surface area contributed by atoms with Crippen LogP contribution in [0.3, 0.4) is 0 Å². The Hall–Kier alpha value is -3.48. The van der Waals surface area contributed by atoms with E-state index in [1.807, 2.05) is 6.07 Å². The van der Waals surface area contributed by atoms with Crippen molar-refractivity contribution >= 4 is 23.9 Å². The number of carbonyl (C=O) groups is 1. The number of nitro benzene ring substituents is 1. The zero-order valence-corrected chi connectivity index (χ0v) is 12.0. The average Bonchev–Trinajstić information content (AvgIpc) is 3.07. The molecule has 1 N–H and O–H groups in total. The molecule has 0 radical (unpaired) electrons. The number of furan rings is 1. The van der Waals surface area contributed by atoms with E-state index in [0.29, 0.717) is 0 Å². The monoisotopic (exact) mass is 311 g/mol. The predicted molar refractivity (Wildman–Crippen MR) is 85.9 cm³/mol. The summed E-state index contributed by atoms with van der Waals surface area (Å²) in [6.07, 6.45) is 9.83. The van der Waals surface area contributed by atoms with Crippen LogP contribution >= 0.6 is 0 Å². The maximum Gasteiger partial charge on any atom is 0.271 e. The zero-order valence-electron chi connectivity index (χ0n) is 12.0. The third-order valence-corrected chi connectivity index (χ3v) is 2.67. The molecule has 0 aliphatic rings. The van der Waals surface area contributed by atoms with E-state index in [1.165, 1.54) is 30.5 Å². The smallest absolute Gasteiger partial charge is 0.271 e. The number of rotatable bonds is 6. The van der Waals surface area contributed by atoms with Gasteiger partial charge in [-0.25, -0.2) is 5.43 Å². The Morgan fingerprint density at radius 1 is 1.22 bits per heavy atom. The van der Waals surface area contributed by atoms with Crippen molar-refractivity contribution in [3.8, 4) is 0 Å². The molecular weight excluding hydrogens is 298 g/mol. The largest absolute Gasteiger partial charge is 0.465 e. The van der Waals surface area contributed by atoms with E-state index in [0.717, 1.165) is 5.76 Å². The number of allylic oxidation sites excluding steroid dienone is 3. The van der Waals surface area contributed by atoms with Crippen LogP contribution in [0.25, 0.3) is 6.08 Å². The number of hydrogen-bond acceptors (Lipinski definition) is 5. The maximum absolute atomic E-state index is 11.8. The molecule has 0 spiro atoms. The lowest BCUT2D eigenvalue weighted by Crippen LogP contribution is -2.17. The number of hydrazone groups is 1. The van der Waals surface area contributed by atoms with Crippen LogP contribution < -0.4 is 5.43 Å². The normalized spacial score (nSPS) is 11.5. The van der Waals surface area contributed by atoms with Gasteiger partial charge in [0.2, 0.25) is 0 Å². The number of benzene rings is 1. The first-order valence-electron chi connectivity index (χ1n) is 6.61. The van der Waals surface area contributed by atoms with E-state index in [2.05, 4.69) is 10.5 Å². The van der Waals surface area contributed by atoms with Gasteiger partial charge in [0.1, 0.15) is 5.76 Å². The number of amides is 1. The van der Waals surface area contributed by atoms with Crippen molar-refractivity contribution in [2.24, 2.45) is 5.10 Å². The van der Waals surface area contributed by atoms with E-state index >= 15 is 0 Å². The number of nitro groups is 1. The van der Waals surface area contributed by atoms with Crippen molar-refractivity contribution < 1.29 is 14.1 Å². The van der Waals surface area contributed by atoms with Crippen molar-refractivity contribution in [2.45, 2.75) is 0 Å². The Labute approximate surface area is 131 Å². The Balaban J connectivity index is 1.84. The summed E-state index contributed by atoms with van der Waals surface area (Å²) in [6, 6.07) is 9.02. The Kier molecular flexibility index (Phi) is 5.59. The van der Waals surface area contributed by atoms with Gasteiger partial charge in [0.15, 0.2) is 0 Å². The summed E-state index contributed by atoms with van der Waals surface area (Å²) >= 11 is 0. The number of non-ortho nitro benzene ring substituents is 1. The van der Waals surface area contributed by atoms with Gasteiger partial charge in [0.05, 0.1) is 11.2 Å². The molecule has 1 amide bonds. The lowest BCUT2D eigenvalue weighted by atomic mass is 10.2. The van der Waals surface area contributed by atoms with E-state index in [-0.39, 0.29) is 11.3 Å². The summed E-state index contributed by atoms with van der Waals surface area (Å²) in [5.41, 5.74) is 2.30. The van der Waals surface area contributed by atoms with Gasteiger partial charge >= 0.3 is 0 Å². The Morgan fingerprint density at radius 2 is 2.09 bits per heavy atom. The summed E-state index contributed by atoms with van der Waals surface area (Å²) in [7, 11) is 0. The molecule has 0 aliphatic carbocycles. The molecule has 1 aromatic carbocycles. The summed E-state index contributed by atoms with van der Waals surface area (Å²) < 4.78 is 5.11. The molecular formula is C16H13N3O4. The molecule has 0 unspecified atom stereocenters. The standard InChI is InChI=1S/C16H13N3O4/c20-16(13-6-4-7-14(12-13)19(21)22)18-17-10-3-1-2-8-15-9-5-11-23-15/h1-12H,(H,18,20). The van der Waals surface area contributed by atoms with Crippen molar-refractivity contribution in [3.05, 3.63) is 82.3 Å². The molecule has 0 aliphatic heterocycles. The minimum absolute atomic E-state index is 0.149. The molecule has 0 atom stereocenters. The molecule has 1 heterocycles. The van der Waals surface area contributed by atoms with E-state index in [4.69, 9.17) is 4.42 Å². The van der Waals surface area contributed by atoms with Crippen LogP contribution in [-0.2, 0) is 0 Å². The van der Waals surface area contributed by atoms with Gasteiger partial charge in [0, 0.05) is 23.9 Å². The lowest BCUT2D eigenvalue weighted by molar-refractivity contribution is -0.384. The van der Waals surface area contributed by atoms with Crippen molar-refractivity contribution in [3.63, 3.8) is 0 Å². The fourth-order valence-corrected chi connectivity index (χ4v) is 1.61. The van der Waals surface area contributed by atoms with Crippen LogP contribution in [0.2, 0.25) is 0 Å². The van der Waals surface area contributed by atoms with Gasteiger partial charge in [-0.1, -0.05) is 18.2 Å². The van der Waals surface area contributed by atoms with Gasteiger partial charge in [-0.05, 0) is 30.4 Å². The highest BCUT2D eigenvalue weighted by atomic mass is 16.6. The number of nitrogens with zero attached hydrogens (tertiary/aromatic N) is 2. The fraction of sp³-hybridized carbons (Fsp3) is 0. The van der Waals surface area contributed by atoms with Crippen molar-refractivity contribution in [2.75, 3.05) is 0 Å². The van der Waals surface area contributed by atoms with E-state index in [1.54, 1.807) is 36.6 Å². The predicted octanol–water partition coefficient (Wildman–Crippen LogP) is 3.17. The summed E-state index contributed by atoms with van der Waals surface area (Å²) in [5, 5.41) is 14.4. The number of hydrogen-bond donors (Lipinski definition) is 1. The molecule has 23 heavy (non-hydrogen) atoms. The first-order valence-corrected chi connectivity index (χ1v) is 6.61. The average molecular weight is 311 g/mol. The van der Waals surface area contributed by atoms with Crippen molar-refractivity contribution in [1.82, 2.24) is 5.43 Å². The first-order chi connectivity index (χ1) is 11.2. The second kappa shape index (κ2) is 8.08. The van der Waals surface area contributed by atoms with Gasteiger partial charge < -0.3 is 4.42 Å². The van der Waals surface area contributed by atoms with Gasteiger partial charge in [0.25, 0.3) is 11.6 Å².